The summed E-state index contributed by atoms with van der Waals surface area (Å²) >= 11 is 5.51. The molecule has 0 fully saturated rings. The number of carbonyl (C=O) groups is 1. The summed E-state index contributed by atoms with van der Waals surface area (Å²) in [4.78, 5) is 15.9. The third kappa shape index (κ3) is 5.07. The first-order valence-electron chi connectivity index (χ1n) is 7.56. The van der Waals surface area contributed by atoms with Crippen molar-refractivity contribution in [2.45, 2.75) is 30.6 Å². The predicted molar refractivity (Wildman–Crippen MR) is 92.6 cm³/mol. The van der Waals surface area contributed by atoms with Crippen LogP contribution in [0, 0.1) is 0 Å². The highest BCUT2D eigenvalue weighted by atomic mass is 35.5. The van der Waals surface area contributed by atoms with Gasteiger partial charge in [0.1, 0.15) is 12.4 Å². The zero-order valence-electron chi connectivity index (χ0n) is 13.1. The molecule has 1 aliphatic heterocycles. The molecule has 8 heteroatoms. The van der Waals surface area contributed by atoms with E-state index in [0.717, 1.165) is 12.8 Å². The lowest BCUT2D eigenvalue weighted by Crippen LogP contribution is -2.22. The van der Waals surface area contributed by atoms with Crippen LogP contribution in [0.5, 0.6) is 0 Å². The highest BCUT2D eigenvalue weighted by Gasteiger charge is 2.29. The molecule has 0 spiro atoms. The number of fused-ring (bicyclic) bond motifs is 1. The average molecular weight is 371 g/mol. The van der Waals surface area contributed by atoms with Gasteiger partial charge in [-0.05, 0) is 25.0 Å². The zero-order valence-corrected chi connectivity index (χ0v) is 14.7. The highest BCUT2D eigenvalue weighted by molar-refractivity contribution is 7.90. The molecule has 2 rings (SSSR count). The topological polar surface area (TPSA) is 84.8 Å². The minimum atomic E-state index is -3.49. The Morgan fingerprint density at radius 1 is 1.25 bits per heavy atom. The number of hydrogen-bond donors (Lipinski definition) is 1. The summed E-state index contributed by atoms with van der Waals surface area (Å²) in [5.74, 6) is 0.0752. The molecule has 6 nitrogen and oxygen atoms in total. The molecule has 1 heterocycles. The van der Waals surface area contributed by atoms with Crippen LogP contribution in [0.2, 0.25) is 0 Å². The fourth-order valence-corrected chi connectivity index (χ4v) is 3.54. The number of benzene rings is 1. The molecule has 0 saturated heterocycles. The number of nitrogens with zero attached hydrogens (tertiary/aromatic N) is 1. The van der Waals surface area contributed by atoms with Crippen LogP contribution in [0.4, 0.5) is 0 Å². The Bertz CT molecular complexity index is 759. The van der Waals surface area contributed by atoms with Gasteiger partial charge in [0.15, 0.2) is 0 Å². The maximum absolute atomic E-state index is 11.9. The summed E-state index contributed by atoms with van der Waals surface area (Å²) in [6.07, 6.45) is 2.54. The van der Waals surface area contributed by atoms with Crippen molar-refractivity contribution in [1.29, 1.82) is 0 Å². The standard InChI is InChI=1S/C16H19ClN2O4S/c1-12(17)11-23-15(20)9-3-2-6-10-18-16-13-7-4-5-8-14(13)24(21,22)19-16/h4-5,7-8H,1-3,6,9-11H2,(H,18,19). The van der Waals surface area contributed by atoms with Gasteiger partial charge in [-0.2, -0.15) is 0 Å². The van der Waals surface area contributed by atoms with Crippen LogP contribution in [0.1, 0.15) is 31.2 Å². The number of sulfonamides is 1. The van der Waals surface area contributed by atoms with Crippen molar-refractivity contribution in [3.05, 3.63) is 41.4 Å². The Kier molecular flexibility index (Phi) is 6.39. The van der Waals surface area contributed by atoms with Crippen molar-refractivity contribution in [3.8, 4) is 0 Å². The number of amidine groups is 1. The summed E-state index contributed by atoms with van der Waals surface area (Å²) in [5.41, 5.74) is 0.599. The number of halogens is 1. The Balaban J connectivity index is 1.74. The van der Waals surface area contributed by atoms with Crippen molar-refractivity contribution in [2.24, 2.45) is 4.99 Å². The van der Waals surface area contributed by atoms with Gasteiger partial charge in [-0.25, -0.2) is 8.42 Å². The van der Waals surface area contributed by atoms with Gasteiger partial charge in [0.25, 0.3) is 10.0 Å². The van der Waals surface area contributed by atoms with E-state index >= 15 is 0 Å². The van der Waals surface area contributed by atoms with Gasteiger partial charge < -0.3 is 4.74 Å². The summed E-state index contributed by atoms with van der Waals surface area (Å²) in [5, 5.41) is 0.290. The number of nitrogens with one attached hydrogen (secondary N) is 1. The molecule has 1 aromatic carbocycles. The van der Waals surface area contributed by atoms with Crippen LogP contribution in [-0.4, -0.2) is 33.4 Å². The largest absolute Gasteiger partial charge is 0.460 e. The number of unbranched alkanes of at least 4 members (excludes halogenated alkanes) is 2. The number of ether oxygens (including phenoxy) is 1. The van der Waals surface area contributed by atoms with Crippen molar-refractivity contribution < 1.29 is 17.9 Å². The first kappa shape index (κ1) is 18.5. The van der Waals surface area contributed by atoms with E-state index in [1.807, 2.05) is 0 Å². The Hall–Kier alpha value is -1.86. The summed E-state index contributed by atoms with van der Waals surface area (Å²) in [6.45, 7) is 3.96. The van der Waals surface area contributed by atoms with E-state index in [1.165, 1.54) is 0 Å². The maximum atomic E-state index is 11.9. The molecular formula is C16H19ClN2O4S. The minimum Gasteiger partial charge on any atom is -0.460 e. The van der Waals surface area contributed by atoms with E-state index in [9.17, 15) is 13.2 Å². The van der Waals surface area contributed by atoms with E-state index in [4.69, 9.17) is 16.3 Å². The average Bonchev–Trinajstić information content (AvgIpc) is 2.80. The Labute approximate surface area is 146 Å². The summed E-state index contributed by atoms with van der Waals surface area (Å²) in [6, 6.07) is 6.74. The first-order chi connectivity index (χ1) is 11.4. The number of hydrogen-bond acceptors (Lipinski definition) is 5. The predicted octanol–water partition coefficient (Wildman–Crippen LogP) is 2.58. The normalized spacial score (nSPS) is 16.5. The maximum Gasteiger partial charge on any atom is 0.306 e. The van der Waals surface area contributed by atoms with Crippen LogP contribution in [0.25, 0.3) is 0 Å². The fourth-order valence-electron chi connectivity index (χ4n) is 2.23. The molecule has 130 valence electrons. The third-order valence-corrected chi connectivity index (χ3v) is 4.87. The van der Waals surface area contributed by atoms with Gasteiger partial charge in [0.05, 0.1) is 4.90 Å². The van der Waals surface area contributed by atoms with Crippen molar-refractivity contribution in [2.75, 3.05) is 13.2 Å². The van der Waals surface area contributed by atoms with Crippen molar-refractivity contribution in [1.82, 2.24) is 4.72 Å². The van der Waals surface area contributed by atoms with Gasteiger partial charge in [-0.1, -0.05) is 36.7 Å². The van der Waals surface area contributed by atoms with Crippen LogP contribution in [0.15, 0.2) is 45.8 Å². The third-order valence-electron chi connectivity index (χ3n) is 3.36. The smallest absolute Gasteiger partial charge is 0.306 e. The van der Waals surface area contributed by atoms with Crippen LogP contribution >= 0.6 is 11.6 Å². The molecule has 0 amide bonds. The second kappa shape index (κ2) is 8.30. The van der Waals surface area contributed by atoms with Gasteiger partial charge >= 0.3 is 5.97 Å². The van der Waals surface area contributed by atoms with E-state index in [2.05, 4.69) is 16.3 Å². The van der Waals surface area contributed by atoms with Crippen molar-refractivity contribution in [3.63, 3.8) is 0 Å². The van der Waals surface area contributed by atoms with Crippen LogP contribution in [0.3, 0.4) is 0 Å². The lowest BCUT2D eigenvalue weighted by atomic mass is 10.2. The Morgan fingerprint density at radius 2 is 2.00 bits per heavy atom. The highest BCUT2D eigenvalue weighted by Crippen LogP contribution is 2.22. The molecule has 1 N–H and O–H groups in total. The number of esters is 1. The number of carbonyl (C=O) groups excluding carboxylic acids is 1. The number of rotatable bonds is 8. The second-order valence-corrected chi connectivity index (χ2v) is 7.51. The molecule has 0 atom stereocenters. The van der Waals surface area contributed by atoms with E-state index in [-0.39, 0.29) is 17.5 Å². The molecule has 0 unspecified atom stereocenters. The molecule has 0 aliphatic carbocycles. The molecule has 1 aromatic rings. The van der Waals surface area contributed by atoms with E-state index in [0.29, 0.717) is 35.8 Å². The molecule has 0 bridgehead atoms. The number of aliphatic imine (C=N–C) groups is 1. The molecule has 0 saturated carbocycles. The molecule has 1 aliphatic rings. The zero-order chi connectivity index (χ0) is 17.6. The molecule has 24 heavy (non-hydrogen) atoms. The molecular weight excluding hydrogens is 352 g/mol. The van der Waals surface area contributed by atoms with Gasteiger partial charge in [-0.15, -0.1) is 0 Å². The minimum absolute atomic E-state index is 0.0353. The quantitative estimate of drug-likeness (QED) is 0.563. The summed E-state index contributed by atoms with van der Waals surface area (Å²) < 4.78 is 31.2. The molecule has 0 radical (unpaired) electrons. The first-order valence-corrected chi connectivity index (χ1v) is 9.42. The second-order valence-electron chi connectivity index (χ2n) is 5.32. The van der Waals surface area contributed by atoms with Crippen LogP contribution in [-0.2, 0) is 19.6 Å². The van der Waals surface area contributed by atoms with Gasteiger partial charge in [0.2, 0.25) is 0 Å². The lowest BCUT2D eigenvalue weighted by molar-refractivity contribution is -0.142. The van der Waals surface area contributed by atoms with Gasteiger partial charge in [-0.3, -0.25) is 14.5 Å². The van der Waals surface area contributed by atoms with Crippen molar-refractivity contribution >= 4 is 33.4 Å². The SMILES string of the molecule is C=C(Cl)COC(=O)CCCCCN=C1NS(=O)(=O)c2ccccc21. The van der Waals surface area contributed by atoms with Crippen LogP contribution < -0.4 is 4.72 Å². The van der Waals surface area contributed by atoms with E-state index in [1.54, 1.807) is 24.3 Å². The Morgan fingerprint density at radius 3 is 2.75 bits per heavy atom. The van der Waals surface area contributed by atoms with Gasteiger partial charge in [0, 0.05) is 23.6 Å². The monoisotopic (exact) mass is 370 g/mol. The van der Waals surface area contributed by atoms with E-state index < -0.39 is 10.0 Å². The molecule has 0 aromatic heterocycles. The lowest BCUT2D eigenvalue weighted by Gasteiger charge is -2.03. The summed E-state index contributed by atoms with van der Waals surface area (Å²) in [7, 11) is -3.49. The fraction of sp³-hybridized carbons (Fsp3) is 0.375.